The van der Waals surface area contributed by atoms with Crippen LogP contribution in [0, 0.1) is 0 Å². The number of halogens is 4. The number of nitrogens with two attached hydrogens (primary N) is 1. The topological polar surface area (TPSA) is 56.7 Å². The molecule has 2 N–H and O–H groups in total. The third-order valence-electron chi connectivity index (χ3n) is 2.03. The third kappa shape index (κ3) is 2.33. The number of aromatic nitrogens is 3. The maximum atomic E-state index is 12.4. The summed E-state index contributed by atoms with van der Waals surface area (Å²) in [6, 6.07) is 2.95. The van der Waals surface area contributed by atoms with Gasteiger partial charge in [0.1, 0.15) is 0 Å². The Bertz CT molecular complexity index is 549. The molecule has 0 saturated carbocycles. The van der Waals surface area contributed by atoms with E-state index in [1.807, 2.05) is 0 Å². The maximum Gasteiger partial charge on any atom is 0.416 e. The molecule has 0 aliphatic heterocycles. The van der Waals surface area contributed by atoms with E-state index in [4.69, 9.17) is 17.3 Å². The second-order valence-corrected chi connectivity index (χ2v) is 3.66. The van der Waals surface area contributed by atoms with Gasteiger partial charge in [0.25, 0.3) is 0 Å². The number of nitrogen functional groups attached to an aromatic ring is 1. The van der Waals surface area contributed by atoms with Crippen molar-refractivity contribution in [1.82, 2.24) is 15.0 Å². The highest BCUT2D eigenvalue weighted by atomic mass is 35.5. The van der Waals surface area contributed by atoms with E-state index in [-0.39, 0.29) is 16.5 Å². The third-order valence-corrected chi connectivity index (χ3v) is 2.34. The van der Waals surface area contributed by atoms with Crippen LogP contribution in [0.25, 0.3) is 5.69 Å². The van der Waals surface area contributed by atoms with Gasteiger partial charge in [-0.2, -0.15) is 13.2 Å². The number of anilines is 1. The molecule has 90 valence electrons. The quantitative estimate of drug-likeness (QED) is 0.859. The van der Waals surface area contributed by atoms with Crippen LogP contribution in [0.15, 0.2) is 24.4 Å². The van der Waals surface area contributed by atoms with E-state index < -0.39 is 11.7 Å². The van der Waals surface area contributed by atoms with Gasteiger partial charge in [-0.1, -0.05) is 16.8 Å². The van der Waals surface area contributed by atoms with Gasteiger partial charge in [-0.25, -0.2) is 4.68 Å². The van der Waals surface area contributed by atoms with Crippen molar-refractivity contribution in [1.29, 1.82) is 0 Å². The number of hydrogen-bond acceptors (Lipinski definition) is 3. The van der Waals surface area contributed by atoms with Gasteiger partial charge in [-0.3, -0.25) is 0 Å². The van der Waals surface area contributed by atoms with Crippen LogP contribution in [0.3, 0.4) is 0 Å². The molecule has 1 aromatic heterocycles. The smallest absolute Gasteiger partial charge is 0.381 e. The first-order chi connectivity index (χ1) is 7.88. The monoisotopic (exact) mass is 262 g/mol. The molecule has 0 aliphatic rings. The van der Waals surface area contributed by atoms with Gasteiger partial charge in [0, 0.05) is 0 Å². The van der Waals surface area contributed by atoms with Gasteiger partial charge in [0.2, 0.25) is 0 Å². The Hall–Kier alpha value is -1.76. The van der Waals surface area contributed by atoms with E-state index >= 15 is 0 Å². The van der Waals surface area contributed by atoms with Crippen molar-refractivity contribution in [2.24, 2.45) is 0 Å². The van der Waals surface area contributed by atoms with E-state index in [2.05, 4.69) is 10.3 Å². The predicted octanol–water partition coefficient (Wildman–Crippen LogP) is 2.52. The second-order valence-electron chi connectivity index (χ2n) is 3.25. The molecular formula is C9H6ClF3N4. The lowest BCUT2D eigenvalue weighted by Gasteiger charge is -2.09. The summed E-state index contributed by atoms with van der Waals surface area (Å²) < 4.78 is 38.4. The normalized spacial score (nSPS) is 11.8. The fraction of sp³-hybridized carbons (Fsp3) is 0.111. The van der Waals surface area contributed by atoms with Crippen molar-refractivity contribution in [3.63, 3.8) is 0 Å². The number of alkyl halides is 3. The molecule has 2 rings (SSSR count). The molecule has 0 unspecified atom stereocenters. The van der Waals surface area contributed by atoms with Crippen molar-refractivity contribution in [2.75, 3.05) is 5.73 Å². The van der Waals surface area contributed by atoms with Crippen molar-refractivity contribution in [3.8, 4) is 5.69 Å². The van der Waals surface area contributed by atoms with Crippen LogP contribution < -0.4 is 5.73 Å². The maximum absolute atomic E-state index is 12.4. The number of hydrogen-bond donors (Lipinski definition) is 1. The highest BCUT2D eigenvalue weighted by molar-refractivity contribution is 6.32. The van der Waals surface area contributed by atoms with Gasteiger partial charge < -0.3 is 5.73 Å². The summed E-state index contributed by atoms with van der Waals surface area (Å²) in [5.41, 5.74) is 4.81. The van der Waals surface area contributed by atoms with Gasteiger partial charge in [0.05, 0.1) is 22.5 Å². The minimum atomic E-state index is -4.43. The Morgan fingerprint density at radius 2 is 2.00 bits per heavy atom. The standard InChI is InChI=1S/C9H6ClF3N4/c10-6-3-5(9(11,12)13)1-2-7(6)17-4-8(14)15-16-17/h1-4H,14H2. The second kappa shape index (κ2) is 3.92. The molecule has 0 amide bonds. The molecule has 0 aliphatic carbocycles. The summed E-state index contributed by atoms with van der Waals surface area (Å²) >= 11 is 5.75. The van der Waals surface area contributed by atoms with Crippen molar-refractivity contribution in [3.05, 3.63) is 35.0 Å². The Kier molecular flexibility index (Phi) is 2.70. The summed E-state index contributed by atoms with van der Waals surface area (Å²) in [6.45, 7) is 0. The SMILES string of the molecule is Nc1cn(-c2ccc(C(F)(F)F)cc2Cl)nn1. The fourth-order valence-corrected chi connectivity index (χ4v) is 1.53. The Balaban J connectivity index is 2.45. The zero-order chi connectivity index (χ0) is 12.6. The van der Waals surface area contributed by atoms with Gasteiger partial charge in [-0.15, -0.1) is 5.10 Å². The van der Waals surface area contributed by atoms with E-state index in [0.29, 0.717) is 0 Å². The van der Waals surface area contributed by atoms with Crippen LogP contribution in [0.1, 0.15) is 5.56 Å². The Morgan fingerprint density at radius 1 is 1.29 bits per heavy atom. The van der Waals surface area contributed by atoms with E-state index in [1.165, 1.54) is 16.9 Å². The lowest BCUT2D eigenvalue weighted by Crippen LogP contribution is -2.06. The summed E-state index contributed by atoms with van der Waals surface area (Å²) in [6.07, 6.45) is -3.07. The molecule has 17 heavy (non-hydrogen) atoms. The van der Waals surface area contributed by atoms with E-state index in [0.717, 1.165) is 12.1 Å². The zero-order valence-electron chi connectivity index (χ0n) is 8.24. The molecule has 0 saturated heterocycles. The molecule has 4 nitrogen and oxygen atoms in total. The minimum absolute atomic E-state index is 0.0790. The lowest BCUT2D eigenvalue weighted by molar-refractivity contribution is -0.137. The number of benzene rings is 1. The molecular weight excluding hydrogens is 257 g/mol. The molecule has 1 heterocycles. The average molecular weight is 263 g/mol. The molecule has 8 heteroatoms. The first-order valence-corrected chi connectivity index (χ1v) is 4.80. The van der Waals surface area contributed by atoms with Crippen LogP contribution in [-0.2, 0) is 6.18 Å². The Morgan fingerprint density at radius 3 is 2.47 bits per heavy atom. The van der Waals surface area contributed by atoms with Crippen LogP contribution in [0.2, 0.25) is 5.02 Å². The first-order valence-electron chi connectivity index (χ1n) is 4.43. The highest BCUT2D eigenvalue weighted by Gasteiger charge is 2.31. The summed E-state index contributed by atoms with van der Waals surface area (Å²) in [7, 11) is 0. The number of rotatable bonds is 1. The van der Waals surface area contributed by atoms with Crippen LogP contribution in [-0.4, -0.2) is 15.0 Å². The van der Waals surface area contributed by atoms with Crippen LogP contribution in [0.4, 0.5) is 19.0 Å². The average Bonchev–Trinajstić information content (AvgIpc) is 2.63. The summed E-state index contributed by atoms with van der Waals surface area (Å²) in [5.74, 6) is 0.154. The predicted molar refractivity (Wildman–Crippen MR) is 55.8 cm³/mol. The van der Waals surface area contributed by atoms with E-state index in [9.17, 15) is 13.2 Å². The van der Waals surface area contributed by atoms with Crippen LogP contribution >= 0.6 is 11.6 Å². The Labute approximate surface area is 98.8 Å². The fourth-order valence-electron chi connectivity index (χ4n) is 1.26. The molecule has 0 atom stereocenters. The van der Waals surface area contributed by atoms with Crippen molar-refractivity contribution in [2.45, 2.75) is 6.18 Å². The van der Waals surface area contributed by atoms with Gasteiger partial charge >= 0.3 is 6.18 Å². The minimum Gasteiger partial charge on any atom is -0.381 e. The van der Waals surface area contributed by atoms with Gasteiger partial charge in [0.15, 0.2) is 5.82 Å². The molecule has 0 radical (unpaired) electrons. The summed E-state index contributed by atoms with van der Waals surface area (Å²) in [5, 5.41) is 7.05. The lowest BCUT2D eigenvalue weighted by atomic mass is 10.2. The van der Waals surface area contributed by atoms with E-state index in [1.54, 1.807) is 0 Å². The van der Waals surface area contributed by atoms with Crippen molar-refractivity contribution < 1.29 is 13.2 Å². The number of nitrogens with zero attached hydrogens (tertiary/aromatic N) is 3. The molecule has 0 bridgehead atoms. The molecule has 2 aromatic rings. The van der Waals surface area contributed by atoms with Crippen LogP contribution in [0.5, 0.6) is 0 Å². The zero-order valence-corrected chi connectivity index (χ0v) is 9.00. The molecule has 0 spiro atoms. The van der Waals surface area contributed by atoms with Crippen molar-refractivity contribution >= 4 is 17.4 Å². The first kappa shape index (κ1) is 11.7. The largest absolute Gasteiger partial charge is 0.416 e. The molecule has 1 aromatic carbocycles. The van der Waals surface area contributed by atoms with Gasteiger partial charge in [-0.05, 0) is 18.2 Å². The summed E-state index contributed by atoms with van der Waals surface area (Å²) in [4.78, 5) is 0. The molecule has 0 fully saturated rings. The highest BCUT2D eigenvalue weighted by Crippen LogP contribution is 2.32.